The van der Waals surface area contributed by atoms with Crippen molar-refractivity contribution in [3.63, 3.8) is 0 Å². The number of ether oxygens (including phenoxy) is 2. The van der Waals surface area contributed by atoms with E-state index in [1.165, 1.54) is 0 Å². The third-order valence-corrected chi connectivity index (χ3v) is 9.52. The van der Waals surface area contributed by atoms with Gasteiger partial charge in [0.25, 0.3) is 0 Å². The quantitative estimate of drug-likeness (QED) is 0.298. The summed E-state index contributed by atoms with van der Waals surface area (Å²) < 4.78 is 13.4. The van der Waals surface area contributed by atoms with Gasteiger partial charge in [0, 0.05) is 65.0 Å². The first-order valence-electron chi connectivity index (χ1n) is 14.4. The first-order valence-corrected chi connectivity index (χ1v) is 16.0. The van der Waals surface area contributed by atoms with E-state index in [0.29, 0.717) is 60.2 Å². The van der Waals surface area contributed by atoms with Crippen LogP contribution in [0.2, 0.25) is 0 Å². The molecule has 0 bridgehead atoms. The first kappa shape index (κ1) is 31.7. The average Bonchev–Trinajstić information content (AvgIpc) is 2.89. The molecule has 0 saturated carbocycles. The second kappa shape index (κ2) is 12.0. The second-order valence-corrected chi connectivity index (χ2v) is 15.0. The van der Waals surface area contributed by atoms with Crippen LogP contribution in [-0.4, -0.2) is 47.8 Å². The smallest absolute Gasteiger partial charge is 0.335 e. The van der Waals surface area contributed by atoms with Gasteiger partial charge >= 0.3 is 5.97 Å². The Bertz CT molecular complexity index is 1500. The Kier molecular flexibility index (Phi) is 8.82. The van der Waals surface area contributed by atoms with Crippen molar-refractivity contribution < 1.29 is 29.0 Å². The van der Waals surface area contributed by atoms with Gasteiger partial charge in [0.2, 0.25) is 0 Å². The van der Waals surface area contributed by atoms with Gasteiger partial charge in [-0.15, -0.1) is 0 Å². The van der Waals surface area contributed by atoms with Crippen molar-refractivity contribution in [2.75, 3.05) is 20.3 Å². The van der Waals surface area contributed by atoms with Gasteiger partial charge in [-0.05, 0) is 69.4 Å². The molecule has 0 radical (unpaired) electrons. The molecule has 0 amide bonds. The van der Waals surface area contributed by atoms with Gasteiger partial charge in [-0.3, -0.25) is 9.59 Å². The number of nitrogens with zero attached hydrogens (tertiary/aromatic N) is 1. The maximum atomic E-state index is 14.1. The van der Waals surface area contributed by atoms with Gasteiger partial charge in [-0.2, -0.15) is 0 Å². The molecule has 1 heterocycles. The van der Waals surface area contributed by atoms with Crippen LogP contribution in [-0.2, 0) is 20.9 Å². The molecule has 3 aliphatic rings. The van der Waals surface area contributed by atoms with E-state index in [0.717, 1.165) is 27.0 Å². The predicted octanol–water partition coefficient (Wildman–Crippen LogP) is 7.82. The third-order valence-electron chi connectivity index (χ3n) is 8.47. The maximum absolute atomic E-state index is 14.1. The van der Waals surface area contributed by atoms with Crippen LogP contribution >= 0.6 is 31.9 Å². The van der Waals surface area contributed by atoms with E-state index < -0.39 is 11.9 Å². The van der Waals surface area contributed by atoms with Crippen LogP contribution in [0.5, 0.6) is 5.75 Å². The molecule has 0 unspecified atom stereocenters. The molecule has 2 aromatic rings. The summed E-state index contributed by atoms with van der Waals surface area (Å²) in [5, 5.41) is 9.27. The number of carbonyl (C=O) groups excluding carboxylic acids is 2. The SMILES string of the molecule is COCCN1C2=C(C(=O)CC(C)(C)C2)C(c2cc(Br)cc(Br)c2OCc2ccc(C(=O)O)cc2)C2=C1CC(C)(C)CC2=O. The molecule has 9 heteroatoms. The van der Waals surface area contributed by atoms with Gasteiger partial charge in [0.1, 0.15) is 12.4 Å². The molecule has 0 spiro atoms. The standard InChI is InChI=1S/C34H37Br2NO6/c1-33(2)14-24-29(26(38)16-33)28(30-25(37(24)10-11-42-5)15-34(3,4)17-27(30)39)22-12-21(35)13-23(36)31(22)43-18-19-6-8-20(9-7-19)32(40)41/h6-9,12-13,28H,10-11,14-18H2,1-5H3,(H,40,41). The molecule has 43 heavy (non-hydrogen) atoms. The Morgan fingerprint density at radius 2 is 1.49 bits per heavy atom. The van der Waals surface area contributed by atoms with Gasteiger partial charge in [-0.1, -0.05) is 55.8 Å². The number of methoxy groups -OCH3 is 1. The Morgan fingerprint density at radius 1 is 0.930 bits per heavy atom. The Hall–Kier alpha value is -2.75. The summed E-state index contributed by atoms with van der Waals surface area (Å²) in [5.41, 5.74) is 4.57. The Balaban J connectivity index is 1.69. The fraction of sp³-hybridized carbons (Fsp3) is 0.441. The van der Waals surface area contributed by atoms with Crippen LogP contribution in [0.25, 0.3) is 0 Å². The lowest BCUT2D eigenvalue weighted by atomic mass is 9.63. The predicted molar refractivity (Wildman–Crippen MR) is 171 cm³/mol. The number of Topliss-reactive ketones (excluding diaryl/α,β-unsaturated/α-hetero) is 2. The number of hydrogen-bond donors (Lipinski definition) is 1. The molecule has 7 nitrogen and oxygen atoms in total. The lowest BCUT2D eigenvalue weighted by Gasteiger charge is -2.49. The van der Waals surface area contributed by atoms with E-state index in [9.17, 15) is 19.5 Å². The van der Waals surface area contributed by atoms with Crippen molar-refractivity contribution in [3.05, 3.63) is 84.6 Å². The zero-order valence-corrected chi connectivity index (χ0v) is 28.4. The van der Waals surface area contributed by atoms with Crippen molar-refractivity contribution in [1.82, 2.24) is 4.90 Å². The summed E-state index contributed by atoms with van der Waals surface area (Å²) in [6, 6.07) is 10.4. The van der Waals surface area contributed by atoms with Gasteiger partial charge in [0.15, 0.2) is 11.6 Å². The molecule has 1 N–H and O–H groups in total. The van der Waals surface area contributed by atoms with Crippen LogP contribution in [0.1, 0.15) is 80.8 Å². The molecule has 228 valence electrons. The highest BCUT2D eigenvalue weighted by atomic mass is 79.9. The molecule has 0 aromatic heterocycles. The zero-order valence-electron chi connectivity index (χ0n) is 25.2. The van der Waals surface area contributed by atoms with Crippen molar-refractivity contribution in [1.29, 1.82) is 0 Å². The van der Waals surface area contributed by atoms with E-state index in [1.54, 1.807) is 31.4 Å². The molecule has 0 fully saturated rings. The van der Waals surface area contributed by atoms with Crippen LogP contribution in [0.4, 0.5) is 0 Å². The molecule has 2 aromatic carbocycles. The normalized spacial score (nSPS) is 19.8. The molecule has 5 rings (SSSR count). The number of carbonyl (C=O) groups is 3. The van der Waals surface area contributed by atoms with Gasteiger partial charge in [-0.25, -0.2) is 4.79 Å². The number of carboxylic acid groups (broad SMARTS) is 1. The van der Waals surface area contributed by atoms with Crippen LogP contribution in [0.15, 0.2) is 67.9 Å². The number of ketones is 2. The van der Waals surface area contributed by atoms with E-state index in [1.807, 2.05) is 12.1 Å². The van der Waals surface area contributed by atoms with E-state index >= 15 is 0 Å². The van der Waals surface area contributed by atoms with Crippen molar-refractivity contribution in [2.45, 2.75) is 65.9 Å². The van der Waals surface area contributed by atoms with Crippen molar-refractivity contribution in [3.8, 4) is 5.75 Å². The highest BCUT2D eigenvalue weighted by Crippen LogP contribution is 2.56. The molecular weight excluding hydrogens is 678 g/mol. The third kappa shape index (κ3) is 6.40. The Labute approximate surface area is 269 Å². The van der Waals surface area contributed by atoms with Crippen LogP contribution in [0, 0.1) is 10.8 Å². The highest BCUT2D eigenvalue weighted by molar-refractivity contribution is 9.11. The van der Waals surface area contributed by atoms with Gasteiger partial charge < -0.3 is 19.5 Å². The lowest BCUT2D eigenvalue weighted by molar-refractivity contribution is -0.119. The highest BCUT2D eigenvalue weighted by Gasteiger charge is 2.49. The average molecular weight is 715 g/mol. The van der Waals surface area contributed by atoms with Gasteiger partial charge in [0.05, 0.1) is 16.6 Å². The number of hydrogen-bond acceptors (Lipinski definition) is 6. The summed E-state index contributed by atoms with van der Waals surface area (Å²) in [5.74, 6) is -0.914. The fourth-order valence-corrected chi connectivity index (χ4v) is 8.03. The minimum atomic E-state index is -0.990. The molecular formula is C34H37Br2NO6. The number of rotatable bonds is 8. The van der Waals surface area contributed by atoms with Crippen molar-refractivity contribution >= 4 is 49.4 Å². The summed E-state index contributed by atoms with van der Waals surface area (Å²) in [6.45, 7) is 9.70. The van der Waals surface area contributed by atoms with Crippen molar-refractivity contribution in [2.24, 2.45) is 10.8 Å². The number of aromatic carboxylic acids is 1. The summed E-state index contributed by atoms with van der Waals surface area (Å²) >= 11 is 7.35. The maximum Gasteiger partial charge on any atom is 0.335 e. The monoisotopic (exact) mass is 713 g/mol. The number of benzene rings is 2. The lowest BCUT2D eigenvalue weighted by Crippen LogP contribution is -2.45. The molecule has 2 aliphatic carbocycles. The number of allylic oxidation sites excluding steroid dienone is 4. The minimum Gasteiger partial charge on any atom is -0.487 e. The van der Waals surface area contributed by atoms with Crippen LogP contribution in [0.3, 0.4) is 0 Å². The van der Waals surface area contributed by atoms with E-state index in [2.05, 4.69) is 64.5 Å². The topological polar surface area (TPSA) is 93.1 Å². The van der Waals surface area contributed by atoms with E-state index in [4.69, 9.17) is 9.47 Å². The summed E-state index contributed by atoms with van der Waals surface area (Å²) in [4.78, 5) is 41.8. The summed E-state index contributed by atoms with van der Waals surface area (Å²) in [7, 11) is 1.67. The second-order valence-electron chi connectivity index (χ2n) is 13.3. The first-order chi connectivity index (χ1) is 20.2. The van der Waals surface area contributed by atoms with Crippen LogP contribution < -0.4 is 4.74 Å². The van der Waals surface area contributed by atoms with E-state index in [-0.39, 0.29) is 34.6 Å². The largest absolute Gasteiger partial charge is 0.487 e. The molecule has 0 saturated heterocycles. The Morgan fingerprint density at radius 3 is 2.00 bits per heavy atom. The zero-order chi connectivity index (χ0) is 31.3. The minimum absolute atomic E-state index is 0.0501. The number of carboxylic acids is 1. The summed E-state index contributed by atoms with van der Waals surface area (Å²) in [6.07, 6.45) is 2.20. The number of halogens is 2. The molecule has 0 atom stereocenters. The molecule has 1 aliphatic heterocycles. The fourth-order valence-electron chi connectivity index (χ4n) is 6.66.